The fourth-order valence-electron chi connectivity index (χ4n) is 3.21. The number of hydrogen-bond donors (Lipinski definition) is 2. The topological polar surface area (TPSA) is 92.3 Å². The number of carbonyl (C=O) groups is 2. The van der Waals surface area contributed by atoms with Gasteiger partial charge in [0.15, 0.2) is 9.84 Å². The largest absolute Gasteiger partial charge is 0.326 e. The molecular formula is C21H24N2O4S2. The van der Waals surface area contributed by atoms with E-state index in [9.17, 15) is 18.0 Å². The molecule has 0 spiro atoms. The van der Waals surface area contributed by atoms with Gasteiger partial charge in [0.2, 0.25) is 11.8 Å². The summed E-state index contributed by atoms with van der Waals surface area (Å²) in [6, 6.07) is 10.4. The summed E-state index contributed by atoms with van der Waals surface area (Å²) in [6.45, 7) is 5.80. The Morgan fingerprint density at radius 2 is 1.83 bits per heavy atom. The van der Waals surface area contributed by atoms with Crippen molar-refractivity contribution in [1.29, 1.82) is 0 Å². The van der Waals surface area contributed by atoms with Gasteiger partial charge in [-0.25, -0.2) is 8.42 Å². The van der Waals surface area contributed by atoms with E-state index in [2.05, 4.69) is 10.6 Å². The van der Waals surface area contributed by atoms with Gasteiger partial charge in [-0.05, 0) is 61.7 Å². The molecule has 0 radical (unpaired) electrons. The number of aryl methyl sites for hydroxylation is 2. The van der Waals surface area contributed by atoms with Crippen LogP contribution in [0.5, 0.6) is 0 Å². The van der Waals surface area contributed by atoms with Crippen LogP contribution in [0.1, 0.15) is 30.9 Å². The van der Waals surface area contributed by atoms with E-state index in [4.69, 9.17) is 0 Å². The number of benzene rings is 2. The maximum Gasteiger partial charge on any atom is 0.237 e. The first-order valence-corrected chi connectivity index (χ1v) is 11.9. The Labute approximate surface area is 175 Å². The monoisotopic (exact) mass is 432 g/mol. The maximum absolute atomic E-state index is 12.7. The van der Waals surface area contributed by atoms with Crippen LogP contribution in [-0.2, 0) is 19.4 Å². The lowest BCUT2D eigenvalue weighted by molar-refractivity contribution is -0.116. The Morgan fingerprint density at radius 1 is 1.14 bits per heavy atom. The zero-order chi connectivity index (χ0) is 21.2. The maximum atomic E-state index is 12.7. The molecule has 2 amide bonds. The van der Waals surface area contributed by atoms with Gasteiger partial charge in [-0.15, -0.1) is 11.8 Å². The van der Waals surface area contributed by atoms with Crippen molar-refractivity contribution in [2.45, 2.75) is 48.7 Å². The van der Waals surface area contributed by atoms with Crippen molar-refractivity contribution >= 4 is 44.8 Å². The second-order valence-corrected chi connectivity index (χ2v) is 10.5. The number of amides is 2. The van der Waals surface area contributed by atoms with Crippen molar-refractivity contribution in [3.8, 4) is 0 Å². The minimum Gasteiger partial charge on any atom is -0.326 e. The summed E-state index contributed by atoms with van der Waals surface area (Å²) in [5.74, 6) is -0.778. The Morgan fingerprint density at radius 3 is 2.48 bits per heavy atom. The zero-order valence-corrected chi connectivity index (χ0v) is 18.2. The number of nitrogens with one attached hydrogen (secondary N) is 2. The van der Waals surface area contributed by atoms with Crippen molar-refractivity contribution in [1.82, 2.24) is 0 Å². The number of fused-ring (bicyclic) bond motifs is 1. The average Bonchev–Trinajstić information content (AvgIpc) is 2.64. The Balaban J connectivity index is 1.67. The van der Waals surface area contributed by atoms with Gasteiger partial charge in [0.1, 0.15) is 0 Å². The lowest BCUT2D eigenvalue weighted by Gasteiger charge is -2.23. The summed E-state index contributed by atoms with van der Waals surface area (Å²) in [7, 11) is -3.66. The minimum absolute atomic E-state index is 0.103. The molecule has 1 aliphatic rings. The molecule has 8 heteroatoms. The predicted octanol–water partition coefficient (Wildman–Crippen LogP) is 3.93. The second kappa shape index (κ2) is 8.59. The van der Waals surface area contributed by atoms with Crippen molar-refractivity contribution in [2.24, 2.45) is 0 Å². The van der Waals surface area contributed by atoms with Crippen LogP contribution in [0.3, 0.4) is 0 Å². The minimum atomic E-state index is -3.66. The van der Waals surface area contributed by atoms with Crippen LogP contribution in [0.4, 0.5) is 11.4 Å². The van der Waals surface area contributed by atoms with E-state index >= 15 is 0 Å². The Hall–Kier alpha value is -2.32. The lowest BCUT2D eigenvalue weighted by Crippen LogP contribution is -2.28. The molecule has 0 fully saturated rings. The van der Waals surface area contributed by atoms with Gasteiger partial charge in [-0.1, -0.05) is 13.0 Å². The van der Waals surface area contributed by atoms with Crippen LogP contribution >= 0.6 is 11.8 Å². The van der Waals surface area contributed by atoms with Crippen LogP contribution in [0, 0.1) is 13.8 Å². The molecule has 2 aromatic rings. The Kier molecular flexibility index (Phi) is 6.33. The predicted molar refractivity (Wildman–Crippen MR) is 116 cm³/mol. The molecule has 154 valence electrons. The van der Waals surface area contributed by atoms with Gasteiger partial charge in [-0.3, -0.25) is 9.59 Å². The van der Waals surface area contributed by atoms with Crippen LogP contribution in [-0.4, -0.2) is 31.2 Å². The summed E-state index contributed by atoms with van der Waals surface area (Å²) in [5, 5.41) is 5.36. The van der Waals surface area contributed by atoms with E-state index in [1.54, 1.807) is 6.07 Å². The number of sulfone groups is 1. The van der Waals surface area contributed by atoms with E-state index in [1.807, 2.05) is 39.0 Å². The number of carbonyl (C=O) groups excluding carboxylic acids is 2. The van der Waals surface area contributed by atoms with Gasteiger partial charge >= 0.3 is 0 Å². The van der Waals surface area contributed by atoms with Crippen LogP contribution in [0.15, 0.2) is 46.2 Å². The Bertz CT molecular complexity index is 1040. The van der Waals surface area contributed by atoms with Gasteiger partial charge in [0.05, 0.1) is 21.6 Å². The van der Waals surface area contributed by atoms with Crippen molar-refractivity contribution in [2.75, 3.05) is 16.4 Å². The summed E-state index contributed by atoms with van der Waals surface area (Å²) in [5.41, 5.74) is 3.20. The highest BCUT2D eigenvalue weighted by atomic mass is 32.2. The van der Waals surface area contributed by atoms with Gasteiger partial charge < -0.3 is 10.6 Å². The zero-order valence-electron chi connectivity index (χ0n) is 16.6. The molecule has 0 saturated carbocycles. The van der Waals surface area contributed by atoms with E-state index < -0.39 is 9.84 Å². The quantitative estimate of drug-likeness (QED) is 0.722. The molecule has 0 saturated heterocycles. The summed E-state index contributed by atoms with van der Waals surface area (Å²) >= 11 is 1.44. The molecule has 29 heavy (non-hydrogen) atoms. The molecule has 0 aliphatic carbocycles. The fourth-order valence-corrected chi connectivity index (χ4v) is 5.49. The van der Waals surface area contributed by atoms with E-state index in [-0.39, 0.29) is 34.1 Å². The molecule has 2 N–H and O–H groups in total. The molecule has 6 nitrogen and oxygen atoms in total. The molecule has 1 atom stereocenters. The first-order chi connectivity index (χ1) is 13.7. The standard InChI is InChI=1S/C21H24N2O4S2/c1-4-18-21(25)23-17-12-16(5-6-19(17)28-18)29(26,27)8-7-20(24)22-15-10-13(2)9-14(3)11-15/h5-6,9-12,18H,4,7-8H2,1-3H3,(H,22,24)(H,23,25)/t18-/m1/s1. The number of hydrogen-bond acceptors (Lipinski definition) is 5. The third kappa shape index (κ3) is 5.19. The molecule has 0 aromatic heterocycles. The number of anilines is 2. The third-order valence-electron chi connectivity index (χ3n) is 4.60. The first kappa shape index (κ1) is 21.4. The van der Waals surface area contributed by atoms with Crippen molar-refractivity contribution in [3.05, 3.63) is 47.5 Å². The summed E-state index contributed by atoms with van der Waals surface area (Å²) < 4.78 is 25.4. The highest BCUT2D eigenvalue weighted by Crippen LogP contribution is 2.38. The molecule has 0 unspecified atom stereocenters. The van der Waals surface area contributed by atoms with Gasteiger partial charge in [0, 0.05) is 17.0 Å². The summed E-state index contributed by atoms with van der Waals surface area (Å²) in [6.07, 6.45) is 0.553. The van der Waals surface area contributed by atoms with Crippen LogP contribution in [0.2, 0.25) is 0 Å². The molecule has 0 bridgehead atoms. The normalized spacial score (nSPS) is 16.1. The summed E-state index contributed by atoms with van der Waals surface area (Å²) in [4.78, 5) is 25.2. The molecule has 3 rings (SSSR count). The molecule has 1 heterocycles. The third-order valence-corrected chi connectivity index (χ3v) is 7.76. The lowest BCUT2D eigenvalue weighted by atomic mass is 10.1. The van der Waals surface area contributed by atoms with Crippen molar-refractivity contribution < 1.29 is 18.0 Å². The molecule has 2 aromatic carbocycles. The van der Waals surface area contributed by atoms with E-state index in [0.29, 0.717) is 17.8 Å². The van der Waals surface area contributed by atoms with Crippen LogP contribution < -0.4 is 10.6 Å². The fraction of sp³-hybridized carbons (Fsp3) is 0.333. The average molecular weight is 433 g/mol. The molecule has 1 aliphatic heterocycles. The number of thioether (sulfide) groups is 1. The molecular weight excluding hydrogens is 408 g/mol. The van der Waals surface area contributed by atoms with Crippen LogP contribution in [0.25, 0.3) is 0 Å². The second-order valence-electron chi connectivity index (χ2n) is 7.16. The van der Waals surface area contributed by atoms with Crippen molar-refractivity contribution in [3.63, 3.8) is 0 Å². The highest BCUT2D eigenvalue weighted by Gasteiger charge is 2.27. The smallest absolute Gasteiger partial charge is 0.237 e. The van der Waals surface area contributed by atoms with Gasteiger partial charge in [-0.2, -0.15) is 0 Å². The highest BCUT2D eigenvalue weighted by molar-refractivity contribution is 8.01. The first-order valence-electron chi connectivity index (χ1n) is 9.40. The number of rotatable bonds is 6. The van der Waals surface area contributed by atoms with E-state index in [0.717, 1.165) is 16.0 Å². The SMILES string of the molecule is CC[C@H]1Sc2ccc(S(=O)(=O)CCC(=O)Nc3cc(C)cc(C)c3)cc2NC1=O. The van der Waals surface area contributed by atoms with E-state index in [1.165, 1.54) is 23.9 Å². The van der Waals surface area contributed by atoms with Gasteiger partial charge in [0.25, 0.3) is 0 Å².